The molecule has 0 radical (unpaired) electrons. The number of H-pyrrole nitrogens is 1. The van der Waals surface area contributed by atoms with Crippen LogP contribution in [0, 0.1) is 0 Å². The van der Waals surface area contributed by atoms with Gasteiger partial charge in [0.05, 0.1) is 11.3 Å². The Morgan fingerprint density at radius 2 is 1.86 bits per heavy atom. The summed E-state index contributed by atoms with van der Waals surface area (Å²) in [6.07, 6.45) is 11.5. The summed E-state index contributed by atoms with van der Waals surface area (Å²) in [7, 11) is 0. The van der Waals surface area contributed by atoms with Gasteiger partial charge in [-0.1, -0.05) is 25.3 Å². The first kappa shape index (κ1) is 18.8. The zero-order valence-corrected chi connectivity index (χ0v) is 17.2. The van der Waals surface area contributed by atoms with E-state index in [0.29, 0.717) is 12.5 Å². The molecule has 2 aromatic heterocycles. The van der Waals surface area contributed by atoms with Gasteiger partial charge in [-0.2, -0.15) is 0 Å². The van der Waals surface area contributed by atoms with Crippen LogP contribution >= 0.6 is 0 Å². The van der Waals surface area contributed by atoms with Crippen molar-refractivity contribution < 1.29 is 0 Å². The molecule has 5 rings (SSSR count). The molecule has 3 aliphatic rings. The molecule has 0 unspecified atom stereocenters. The molecule has 2 aromatic rings. The van der Waals surface area contributed by atoms with Crippen LogP contribution in [0.1, 0.15) is 73.5 Å². The molecular weight excluding hydrogens is 362 g/mol. The van der Waals surface area contributed by atoms with Gasteiger partial charge in [-0.25, -0.2) is 9.97 Å². The van der Waals surface area contributed by atoms with Gasteiger partial charge in [0, 0.05) is 51.3 Å². The zero-order valence-electron chi connectivity index (χ0n) is 17.2. The van der Waals surface area contributed by atoms with Crippen LogP contribution in [0.5, 0.6) is 0 Å². The summed E-state index contributed by atoms with van der Waals surface area (Å²) < 4.78 is 0. The van der Waals surface area contributed by atoms with Gasteiger partial charge >= 0.3 is 0 Å². The van der Waals surface area contributed by atoms with Gasteiger partial charge < -0.3 is 9.88 Å². The van der Waals surface area contributed by atoms with Gasteiger partial charge in [0.25, 0.3) is 5.56 Å². The second-order valence-corrected chi connectivity index (χ2v) is 8.89. The molecule has 0 bridgehead atoms. The van der Waals surface area contributed by atoms with Crippen LogP contribution in [-0.2, 0) is 19.5 Å². The quantitative estimate of drug-likeness (QED) is 0.863. The zero-order chi connectivity index (χ0) is 19.6. The topological polar surface area (TPSA) is 65.1 Å². The van der Waals surface area contributed by atoms with Crippen LogP contribution in [0.15, 0.2) is 23.1 Å². The molecule has 0 amide bonds. The fourth-order valence-electron chi connectivity index (χ4n) is 5.11. The molecule has 0 aromatic carbocycles. The Bertz CT molecular complexity index is 894. The summed E-state index contributed by atoms with van der Waals surface area (Å²) in [4.78, 5) is 30.2. The average molecular weight is 394 g/mol. The molecular formula is C23H31N5O. The molecule has 0 atom stereocenters. The predicted octanol–water partition coefficient (Wildman–Crippen LogP) is 3.37. The molecule has 1 saturated carbocycles. The number of hydrogen-bond donors (Lipinski definition) is 1. The third-order valence-corrected chi connectivity index (χ3v) is 6.80. The molecule has 154 valence electrons. The van der Waals surface area contributed by atoms with E-state index in [1.54, 1.807) is 0 Å². The van der Waals surface area contributed by atoms with Gasteiger partial charge in [-0.15, -0.1) is 0 Å². The van der Waals surface area contributed by atoms with E-state index in [4.69, 9.17) is 4.98 Å². The lowest BCUT2D eigenvalue weighted by molar-refractivity contribution is 0.240. The minimum Gasteiger partial charge on any atom is -0.357 e. The van der Waals surface area contributed by atoms with Crippen LogP contribution in [0.3, 0.4) is 0 Å². The fraction of sp³-hybridized carbons (Fsp3) is 0.609. The standard InChI is InChI=1S/C23H31N5O/c29-23-19-16-27(15-17-8-9-21(24-14-17)28-11-4-5-12-28)13-10-20(19)25-22(26-23)18-6-2-1-3-7-18/h8-9,14,18H,1-7,10-13,15-16H2,(H,25,26,29). The molecule has 1 saturated heterocycles. The van der Waals surface area contributed by atoms with Gasteiger partial charge in [-0.05, 0) is 37.3 Å². The Labute approximate surface area is 172 Å². The number of rotatable bonds is 4. The molecule has 2 fully saturated rings. The summed E-state index contributed by atoms with van der Waals surface area (Å²) in [6, 6.07) is 4.33. The molecule has 6 heteroatoms. The predicted molar refractivity (Wildman–Crippen MR) is 114 cm³/mol. The van der Waals surface area contributed by atoms with Crippen molar-refractivity contribution in [1.82, 2.24) is 19.9 Å². The van der Waals surface area contributed by atoms with Crippen LogP contribution < -0.4 is 10.5 Å². The third kappa shape index (κ3) is 4.08. The van der Waals surface area contributed by atoms with Gasteiger partial charge in [-0.3, -0.25) is 9.69 Å². The number of nitrogens with zero attached hydrogens (tertiary/aromatic N) is 4. The van der Waals surface area contributed by atoms with Crippen LogP contribution in [0.25, 0.3) is 0 Å². The third-order valence-electron chi connectivity index (χ3n) is 6.80. The van der Waals surface area contributed by atoms with E-state index in [-0.39, 0.29) is 5.56 Å². The van der Waals surface area contributed by atoms with Crippen molar-refractivity contribution in [2.24, 2.45) is 0 Å². The number of anilines is 1. The monoisotopic (exact) mass is 393 g/mol. The summed E-state index contributed by atoms with van der Waals surface area (Å²) in [5.74, 6) is 2.47. The Morgan fingerprint density at radius 1 is 1.03 bits per heavy atom. The molecule has 6 nitrogen and oxygen atoms in total. The maximum absolute atomic E-state index is 12.8. The maximum atomic E-state index is 12.8. The highest BCUT2D eigenvalue weighted by atomic mass is 16.1. The first-order chi connectivity index (χ1) is 14.3. The Hall–Kier alpha value is -2.21. The van der Waals surface area contributed by atoms with E-state index in [1.165, 1.54) is 37.7 Å². The van der Waals surface area contributed by atoms with Crippen molar-refractivity contribution in [3.05, 3.63) is 51.3 Å². The summed E-state index contributed by atoms with van der Waals surface area (Å²) in [6.45, 7) is 4.69. The number of nitrogens with one attached hydrogen (secondary N) is 1. The van der Waals surface area contributed by atoms with Crippen molar-refractivity contribution >= 4 is 5.82 Å². The van der Waals surface area contributed by atoms with Gasteiger partial charge in [0.2, 0.25) is 0 Å². The minimum absolute atomic E-state index is 0.0720. The van der Waals surface area contributed by atoms with Crippen LogP contribution in [-0.4, -0.2) is 39.5 Å². The maximum Gasteiger partial charge on any atom is 0.255 e. The average Bonchev–Trinajstić information content (AvgIpc) is 3.30. The normalized spacial score (nSPS) is 20.8. The highest BCUT2D eigenvalue weighted by Gasteiger charge is 2.24. The molecule has 29 heavy (non-hydrogen) atoms. The SMILES string of the molecule is O=c1[nH]c(C2CCCCC2)nc2c1CN(Cc1ccc(N3CCCC3)nc1)CC2. The van der Waals surface area contributed by atoms with E-state index >= 15 is 0 Å². The number of aromatic amines is 1. The van der Waals surface area contributed by atoms with E-state index < -0.39 is 0 Å². The Balaban J connectivity index is 1.26. The van der Waals surface area contributed by atoms with Crippen molar-refractivity contribution in [3.8, 4) is 0 Å². The van der Waals surface area contributed by atoms with E-state index in [2.05, 4.69) is 31.9 Å². The number of aromatic nitrogens is 3. The summed E-state index contributed by atoms with van der Waals surface area (Å²) in [5.41, 5.74) is 3.16. The lowest BCUT2D eigenvalue weighted by atomic mass is 9.88. The smallest absolute Gasteiger partial charge is 0.255 e. The largest absolute Gasteiger partial charge is 0.357 e. The number of fused-ring (bicyclic) bond motifs is 1. The Kier molecular flexibility index (Phi) is 5.36. The van der Waals surface area contributed by atoms with Gasteiger partial charge in [0.1, 0.15) is 11.6 Å². The summed E-state index contributed by atoms with van der Waals surface area (Å²) >= 11 is 0. The molecule has 2 aliphatic heterocycles. The van der Waals surface area contributed by atoms with E-state index in [0.717, 1.165) is 68.3 Å². The molecule has 4 heterocycles. The van der Waals surface area contributed by atoms with Gasteiger partial charge in [0.15, 0.2) is 0 Å². The second-order valence-electron chi connectivity index (χ2n) is 8.89. The summed E-state index contributed by atoms with van der Waals surface area (Å²) in [5, 5.41) is 0. The highest BCUT2D eigenvalue weighted by Crippen LogP contribution is 2.31. The van der Waals surface area contributed by atoms with E-state index in [1.807, 2.05) is 6.20 Å². The first-order valence-corrected chi connectivity index (χ1v) is 11.3. The number of hydrogen-bond acceptors (Lipinski definition) is 5. The molecule has 1 aliphatic carbocycles. The van der Waals surface area contributed by atoms with Crippen molar-refractivity contribution in [3.63, 3.8) is 0 Å². The molecule has 0 spiro atoms. The lowest BCUT2D eigenvalue weighted by Crippen LogP contribution is -2.36. The second kappa shape index (κ2) is 8.27. The van der Waals surface area contributed by atoms with Crippen LogP contribution in [0.4, 0.5) is 5.82 Å². The Morgan fingerprint density at radius 3 is 2.62 bits per heavy atom. The lowest BCUT2D eigenvalue weighted by Gasteiger charge is -2.29. The number of pyridine rings is 1. The van der Waals surface area contributed by atoms with E-state index in [9.17, 15) is 4.79 Å². The van der Waals surface area contributed by atoms with Crippen molar-refractivity contribution in [2.75, 3.05) is 24.5 Å². The first-order valence-electron chi connectivity index (χ1n) is 11.3. The fourth-order valence-corrected chi connectivity index (χ4v) is 5.11. The van der Waals surface area contributed by atoms with Crippen molar-refractivity contribution in [1.29, 1.82) is 0 Å². The van der Waals surface area contributed by atoms with Crippen LogP contribution in [0.2, 0.25) is 0 Å². The molecule has 1 N–H and O–H groups in total. The minimum atomic E-state index is 0.0720. The highest BCUT2D eigenvalue weighted by molar-refractivity contribution is 5.40. The van der Waals surface area contributed by atoms with Crippen molar-refractivity contribution in [2.45, 2.75) is 70.4 Å².